The van der Waals surface area contributed by atoms with Gasteiger partial charge in [0, 0.05) is 6.07 Å². The highest BCUT2D eigenvalue weighted by atomic mass is 16.5. The summed E-state index contributed by atoms with van der Waals surface area (Å²) >= 11 is 0. The summed E-state index contributed by atoms with van der Waals surface area (Å²) in [7, 11) is 0. The van der Waals surface area contributed by atoms with Crippen LogP contribution in [-0.4, -0.2) is 17.7 Å². The van der Waals surface area contributed by atoms with E-state index < -0.39 is 11.9 Å². The van der Waals surface area contributed by atoms with Crippen LogP contribution >= 0.6 is 0 Å². The molecule has 3 rings (SSSR count). The van der Waals surface area contributed by atoms with Gasteiger partial charge in [-0.3, -0.25) is 4.79 Å². The number of esters is 2. The van der Waals surface area contributed by atoms with Gasteiger partial charge in [0.15, 0.2) is 5.78 Å². The average molecular weight is 360 g/mol. The Labute approximate surface area is 156 Å². The van der Waals surface area contributed by atoms with Crippen LogP contribution in [0.5, 0.6) is 11.5 Å². The maximum atomic E-state index is 12.3. The molecule has 0 unspecified atom stereocenters. The van der Waals surface area contributed by atoms with Crippen LogP contribution in [0.25, 0.3) is 0 Å². The van der Waals surface area contributed by atoms with E-state index in [2.05, 4.69) is 0 Å². The number of carbonyl (C=O) groups excluding carboxylic acids is 3. The molecule has 0 fully saturated rings. The van der Waals surface area contributed by atoms with Gasteiger partial charge in [-0.1, -0.05) is 36.4 Å². The maximum Gasteiger partial charge on any atom is 0.343 e. The van der Waals surface area contributed by atoms with Crippen molar-refractivity contribution in [1.29, 1.82) is 0 Å². The molecule has 0 spiro atoms. The first-order valence-electron chi connectivity index (χ1n) is 8.24. The Balaban J connectivity index is 1.85. The van der Waals surface area contributed by atoms with Gasteiger partial charge < -0.3 is 9.47 Å². The molecule has 134 valence electrons. The summed E-state index contributed by atoms with van der Waals surface area (Å²) in [5, 5.41) is 0. The third-order valence-corrected chi connectivity index (χ3v) is 3.76. The van der Waals surface area contributed by atoms with Crippen LogP contribution in [0.4, 0.5) is 0 Å². The van der Waals surface area contributed by atoms with Gasteiger partial charge in [0.25, 0.3) is 0 Å². The second-order valence-electron chi connectivity index (χ2n) is 5.73. The van der Waals surface area contributed by atoms with E-state index >= 15 is 0 Å². The lowest BCUT2D eigenvalue weighted by atomic mass is 10.1. The van der Waals surface area contributed by atoms with Gasteiger partial charge in [-0.2, -0.15) is 0 Å². The minimum atomic E-state index is -0.607. The van der Waals surface area contributed by atoms with Crippen molar-refractivity contribution in [3.63, 3.8) is 0 Å². The molecule has 0 saturated carbocycles. The van der Waals surface area contributed by atoms with E-state index in [1.807, 2.05) is 0 Å². The van der Waals surface area contributed by atoms with E-state index in [0.29, 0.717) is 11.1 Å². The molecule has 0 aliphatic rings. The predicted octanol–water partition coefficient (Wildman–Crippen LogP) is 4.33. The fraction of sp³-hybridized carbons (Fsp3) is 0.0455. The molecule has 3 aromatic carbocycles. The summed E-state index contributed by atoms with van der Waals surface area (Å²) in [6, 6.07) is 21.2. The van der Waals surface area contributed by atoms with E-state index in [1.165, 1.54) is 25.1 Å². The summed E-state index contributed by atoms with van der Waals surface area (Å²) < 4.78 is 10.7. The number of benzene rings is 3. The average Bonchev–Trinajstić information content (AvgIpc) is 2.69. The molecule has 0 radical (unpaired) electrons. The Morgan fingerprint density at radius 1 is 0.667 bits per heavy atom. The number of ether oxygens (including phenoxy) is 2. The van der Waals surface area contributed by atoms with Crippen LogP contribution in [0.15, 0.2) is 78.9 Å². The Morgan fingerprint density at radius 2 is 1.19 bits per heavy atom. The summed E-state index contributed by atoms with van der Waals surface area (Å²) in [5.74, 6) is -1.22. The van der Waals surface area contributed by atoms with E-state index in [-0.39, 0.29) is 22.8 Å². The van der Waals surface area contributed by atoms with Gasteiger partial charge in [0.1, 0.15) is 11.5 Å². The molecular formula is C22H16O5. The van der Waals surface area contributed by atoms with E-state index in [0.717, 1.165) is 0 Å². The van der Waals surface area contributed by atoms with Crippen molar-refractivity contribution in [2.45, 2.75) is 6.92 Å². The van der Waals surface area contributed by atoms with Crippen LogP contribution in [0.1, 0.15) is 38.0 Å². The van der Waals surface area contributed by atoms with Crippen LogP contribution < -0.4 is 9.47 Å². The Kier molecular flexibility index (Phi) is 5.42. The van der Waals surface area contributed by atoms with E-state index in [1.54, 1.807) is 60.7 Å². The third-order valence-electron chi connectivity index (χ3n) is 3.76. The molecule has 0 atom stereocenters. The molecule has 0 amide bonds. The van der Waals surface area contributed by atoms with Crippen molar-refractivity contribution in [1.82, 2.24) is 0 Å². The predicted molar refractivity (Wildman–Crippen MR) is 99.2 cm³/mol. The molecule has 0 bridgehead atoms. The Hall–Kier alpha value is -3.73. The zero-order valence-electron chi connectivity index (χ0n) is 14.5. The first-order chi connectivity index (χ1) is 13.0. The number of rotatable bonds is 5. The maximum absolute atomic E-state index is 12.3. The molecule has 27 heavy (non-hydrogen) atoms. The van der Waals surface area contributed by atoms with Crippen molar-refractivity contribution in [3.8, 4) is 11.5 Å². The van der Waals surface area contributed by atoms with Crippen molar-refractivity contribution >= 4 is 17.7 Å². The largest absolute Gasteiger partial charge is 0.423 e. The highest BCUT2D eigenvalue weighted by molar-refractivity contribution is 5.99. The first kappa shape index (κ1) is 18.1. The summed E-state index contributed by atoms with van der Waals surface area (Å²) in [5.41, 5.74) is 0.952. The van der Waals surface area contributed by atoms with Gasteiger partial charge in [-0.25, -0.2) is 9.59 Å². The van der Waals surface area contributed by atoms with Crippen molar-refractivity contribution in [2.24, 2.45) is 0 Å². The standard InChI is InChI=1S/C22H16O5/c1-15(23)19-13-12-18(26-21(24)16-8-4-2-5-9-16)14-20(19)27-22(25)17-10-6-3-7-11-17/h2-14H,1H3. The monoisotopic (exact) mass is 360 g/mol. The number of carbonyl (C=O) groups is 3. The molecule has 5 nitrogen and oxygen atoms in total. The molecule has 0 aromatic heterocycles. The van der Waals surface area contributed by atoms with Gasteiger partial charge >= 0.3 is 11.9 Å². The summed E-state index contributed by atoms with van der Waals surface area (Å²) in [6.07, 6.45) is 0. The molecule has 0 aliphatic carbocycles. The zero-order valence-corrected chi connectivity index (χ0v) is 14.5. The number of Topliss-reactive ketones (excluding diaryl/α,β-unsaturated/α-hetero) is 1. The van der Waals surface area contributed by atoms with Crippen LogP contribution in [0, 0.1) is 0 Å². The third kappa shape index (κ3) is 4.46. The zero-order chi connectivity index (χ0) is 19.2. The van der Waals surface area contributed by atoms with Crippen molar-refractivity contribution < 1.29 is 23.9 Å². The van der Waals surface area contributed by atoms with Gasteiger partial charge in [0.2, 0.25) is 0 Å². The second-order valence-corrected chi connectivity index (χ2v) is 5.73. The molecule has 0 heterocycles. The molecular weight excluding hydrogens is 344 g/mol. The lowest BCUT2D eigenvalue weighted by Gasteiger charge is -2.11. The summed E-state index contributed by atoms with van der Waals surface area (Å²) in [6.45, 7) is 1.37. The Bertz CT molecular complexity index is 978. The van der Waals surface area contributed by atoms with Crippen LogP contribution in [0.2, 0.25) is 0 Å². The first-order valence-corrected chi connectivity index (χ1v) is 8.24. The fourth-order valence-electron chi connectivity index (χ4n) is 2.41. The number of ketones is 1. The van der Waals surface area contributed by atoms with Crippen LogP contribution in [0.3, 0.4) is 0 Å². The van der Waals surface area contributed by atoms with Gasteiger partial charge in [-0.05, 0) is 43.3 Å². The normalized spacial score (nSPS) is 10.1. The Morgan fingerprint density at radius 3 is 1.70 bits per heavy atom. The fourth-order valence-corrected chi connectivity index (χ4v) is 2.41. The highest BCUT2D eigenvalue weighted by Crippen LogP contribution is 2.27. The van der Waals surface area contributed by atoms with E-state index in [4.69, 9.17) is 9.47 Å². The quantitative estimate of drug-likeness (QED) is 0.385. The van der Waals surface area contributed by atoms with Crippen LogP contribution in [-0.2, 0) is 0 Å². The molecule has 5 heteroatoms. The minimum Gasteiger partial charge on any atom is -0.423 e. The molecule has 0 saturated heterocycles. The topological polar surface area (TPSA) is 69.7 Å². The van der Waals surface area contributed by atoms with Gasteiger partial charge in [0.05, 0.1) is 16.7 Å². The summed E-state index contributed by atoms with van der Waals surface area (Å²) in [4.78, 5) is 36.3. The van der Waals surface area contributed by atoms with Gasteiger partial charge in [-0.15, -0.1) is 0 Å². The lowest BCUT2D eigenvalue weighted by Crippen LogP contribution is -2.12. The number of hydrogen-bond donors (Lipinski definition) is 0. The molecule has 3 aromatic rings. The SMILES string of the molecule is CC(=O)c1ccc(OC(=O)c2ccccc2)cc1OC(=O)c1ccccc1. The second kappa shape index (κ2) is 8.10. The number of hydrogen-bond acceptors (Lipinski definition) is 5. The smallest absolute Gasteiger partial charge is 0.343 e. The lowest BCUT2D eigenvalue weighted by molar-refractivity contribution is 0.0732. The molecule has 0 aliphatic heterocycles. The molecule has 0 N–H and O–H groups in total. The highest BCUT2D eigenvalue weighted by Gasteiger charge is 2.17. The van der Waals surface area contributed by atoms with E-state index in [9.17, 15) is 14.4 Å². The van der Waals surface area contributed by atoms with Crippen molar-refractivity contribution in [3.05, 3.63) is 95.6 Å². The minimum absolute atomic E-state index is 0.0368. The van der Waals surface area contributed by atoms with Crippen molar-refractivity contribution in [2.75, 3.05) is 0 Å².